The van der Waals surface area contributed by atoms with Gasteiger partial charge >= 0.3 is 11.9 Å². The zero-order chi connectivity index (χ0) is 21.8. The van der Waals surface area contributed by atoms with E-state index in [0.29, 0.717) is 24.0 Å². The van der Waals surface area contributed by atoms with Crippen LogP contribution in [0.2, 0.25) is 0 Å². The molecule has 1 aliphatic carbocycles. The Hall–Kier alpha value is -2.70. The molecule has 6 heteroatoms. The van der Waals surface area contributed by atoms with E-state index >= 15 is 0 Å². The second kappa shape index (κ2) is 8.98. The summed E-state index contributed by atoms with van der Waals surface area (Å²) in [7, 11) is 0. The Morgan fingerprint density at radius 2 is 1.03 bits per heavy atom. The first-order valence-electron chi connectivity index (χ1n) is 9.87. The highest BCUT2D eigenvalue weighted by atomic mass is 17.2. The summed E-state index contributed by atoms with van der Waals surface area (Å²) in [5.74, 6) is -1.30. The lowest BCUT2D eigenvalue weighted by molar-refractivity contribution is -0.403. The molecule has 1 saturated carbocycles. The fraction of sp³-hybridized carbons (Fsp3) is 0.333. The lowest BCUT2D eigenvalue weighted by Crippen LogP contribution is -2.56. The maximum absolute atomic E-state index is 12.3. The fourth-order valence-corrected chi connectivity index (χ4v) is 3.22. The number of aryl methyl sites for hydroxylation is 2. The van der Waals surface area contributed by atoms with Gasteiger partial charge < -0.3 is 0 Å². The standard InChI is InChI=1S/C24H26O6/c1-17-7-11-19(12-8-17)21(25)27-29-23(3)15-5-6-16-24(23,4)30-28-22(26)20-13-9-18(2)10-14-20/h7-14H,3-6,15-16H2,1-2H3. The minimum absolute atomic E-state index is 0.349. The van der Waals surface area contributed by atoms with Crippen molar-refractivity contribution < 1.29 is 29.1 Å². The minimum Gasteiger partial charge on any atom is -0.292 e. The van der Waals surface area contributed by atoms with Crippen molar-refractivity contribution in [2.75, 3.05) is 0 Å². The van der Waals surface area contributed by atoms with Crippen LogP contribution in [-0.4, -0.2) is 23.1 Å². The van der Waals surface area contributed by atoms with E-state index in [1.807, 2.05) is 13.8 Å². The summed E-state index contributed by atoms with van der Waals surface area (Å²) in [6.07, 6.45) is 2.38. The first kappa shape index (κ1) is 22.0. The zero-order valence-electron chi connectivity index (χ0n) is 17.3. The Morgan fingerprint density at radius 1 is 0.700 bits per heavy atom. The Morgan fingerprint density at radius 3 is 1.37 bits per heavy atom. The first-order valence-corrected chi connectivity index (χ1v) is 9.87. The smallest absolute Gasteiger partial charge is 0.292 e. The van der Waals surface area contributed by atoms with Gasteiger partial charge in [-0.25, -0.2) is 9.59 Å². The molecular weight excluding hydrogens is 384 g/mol. The van der Waals surface area contributed by atoms with Gasteiger partial charge in [-0.1, -0.05) is 48.2 Å². The predicted octanol–water partition coefficient (Wildman–Crippen LogP) is 4.90. The molecule has 0 aliphatic heterocycles. The van der Waals surface area contributed by atoms with Crippen LogP contribution in [-0.2, 0) is 19.6 Å². The van der Waals surface area contributed by atoms with Crippen LogP contribution in [0, 0.1) is 27.7 Å². The molecule has 2 radical (unpaired) electrons. The van der Waals surface area contributed by atoms with E-state index in [1.165, 1.54) is 0 Å². The molecule has 0 bridgehead atoms. The van der Waals surface area contributed by atoms with Gasteiger partial charge in [-0.05, 0) is 64.8 Å². The van der Waals surface area contributed by atoms with Crippen molar-refractivity contribution in [2.45, 2.75) is 50.7 Å². The summed E-state index contributed by atoms with van der Waals surface area (Å²) < 4.78 is 0. The Kier molecular flexibility index (Phi) is 6.58. The van der Waals surface area contributed by atoms with E-state index in [2.05, 4.69) is 13.8 Å². The second-order valence-electron chi connectivity index (χ2n) is 7.84. The maximum atomic E-state index is 12.3. The van der Waals surface area contributed by atoms with Gasteiger partial charge in [-0.2, -0.15) is 9.78 Å². The van der Waals surface area contributed by atoms with Gasteiger partial charge in [-0.3, -0.25) is 9.78 Å². The van der Waals surface area contributed by atoms with E-state index in [-0.39, 0.29) is 0 Å². The molecule has 2 aromatic carbocycles. The average molecular weight is 410 g/mol. The van der Waals surface area contributed by atoms with Gasteiger partial charge in [0.2, 0.25) is 0 Å². The lowest BCUT2D eigenvalue weighted by atomic mass is 9.74. The molecule has 1 aliphatic rings. The van der Waals surface area contributed by atoms with Crippen LogP contribution in [0.1, 0.15) is 57.5 Å². The molecule has 2 unspecified atom stereocenters. The number of carbonyl (C=O) groups is 2. The molecule has 0 saturated heterocycles. The highest BCUT2D eigenvalue weighted by Crippen LogP contribution is 2.42. The molecule has 0 N–H and O–H groups in total. The molecule has 30 heavy (non-hydrogen) atoms. The topological polar surface area (TPSA) is 71.1 Å². The summed E-state index contributed by atoms with van der Waals surface area (Å²) >= 11 is 0. The SMILES string of the molecule is [CH2]C1(OOC(=O)c2ccc(C)cc2)CCCCC1([CH2])OOC(=O)c1ccc(C)cc1. The Bertz CT molecular complexity index is 813. The van der Waals surface area contributed by atoms with Crippen LogP contribution < -0.4 is 0 Å². The summed E-state index contributed by atoms with van der Waals surface area (Å²) in [4.78, 5) is 45.6. The molecule has 0 heterocycles. The van der Waals surface area contributed by atoms with Crippen LogP contribution in [0.4, 0.5) is 0 Å². The van der Waals surface area contributed by atoms with E-state index in [0.717, 1.165) is 24.0 Å². The fourth-order valence-electron chi connectivity index (χ4n) is 3.22. The lowest BCUT2D eigenvalue weighted by Gasteiger charge is -2.44. The number of carbonyl (C=O) groups excluding carboxylic acids is 2. The van der Waals surface area contributed by atoms with E-state index in [1.54, 1.807) is 48.5 Å². The zero-order valence-corrected chi connectivity index (χ0v) is 17.3. The van der Waals surface area contributed by atoms with Crippen molar-refractivity contribution in [2.24, 2.45) is 0 Å². The highest BCUT2D eigenvalue weighted by Gasteiger charge is 2.53. The van der Waals surface area contributed by atoms with E-state index in [4.69, 9.17) is 19.6 Å². The largest absolute Gasteiger partial charge is 0.373 e. The van der Waals surface area contributed by atoms with Crippen molar-refractivity contribution >= 4 is 11.9 Å². The molecule has 0 spiro atoms. The molecule has 0 amide bonds. The van der Waals surface area contributed by atoms with Gasteiger partial charge in [0, 0.05) is 0 Å². The molecule has 2 aromatic rings. The second-order valence-corrected chi connectivity index (χ2v) is 7.84. The Labute approximate surface area is 176 Å². The highest BCUT2D eigenvalue weighted by molar-refractivity contribution is 5.89. The normalized spacial score (nSPS) is 23.6. The average Bonchev–Trinajstić information content (AvgIpc) is 2.74. The van der Waals surface area contributed by atoms with Gasteiger partial charge in [-0.15, -0.1) is 0 Å². The molecular formula is C24H26O6. The van der Waals surface area contributed by atoms with Crippen molar-refractivity contribution in [1.29, 1.82) is 0 Å². The first-order chi connectivity index (χ1) is 14.2. The molecule has 3 rings (SSSR count). The van der Waals surface area contributed by atoms with Crippen LogP contribution >= 0.6 is 0 Å². The Balaban J connectivity index is 1.65. The predicted molar refractivity (Wildman–Crippen MR) is 110 cm³/mol. The summed E-state index contributed by atoms with van der Waals surface area (Å²) in [5, 5.41) is 0. The molecule has 0 aromatic heterocycles. The maximum Gasteiger partial charge on any atom is 0.373 e. The molecule has 158 valence electrons. The number of hydrogen-bond acceptors (Lipinski definition) is 6. The quantitative estimate of drug-likeness (QED) is 0.498. The summed E-state index contributed by atoms with van der Waals surface area (Å²) in [6.45, 7) is 11.9. The minimum atomic E-state index is -1.33. The van der Waals surface area contributed by atoms with Gasteiger partial charge in [0.25, 0.3) is 0 Å². The van der Waals surface area contributed by atoms with Crippen molar-refractivity contribution in [3.05, 3.63) is 84.6 Å². The molecule has 1 fully saturated rings. The number of benzene rings is 2. The molecule has 6 nitrogen and oxygen atoms in total. The van der Waals surface area contributed by atoms with Gasteiger partial charge in [0.1, 0.15) is 11.2 Å². The van der Waals surface area contributed by atoms with Crippen LogP contribution in [0.3, 0.4) is 0 Å². The number of hydrogen-bond donors (Lipinski definition) is 0. The van der Waals surface area contributed by atoms with Gasteiger partial charge in [0.15, 0.2) is 0 Å². The van der Waals surface area contributed by atoms with E-state index in [9.17, 15) is 9.59 Å². The molecule has 2 atom stereocenters. The summed E-state index contributed by atoms with van der Waals surface area (Å²) in [5.41, 5.74) is 0.0730. The van der Waals surface area contributed by atoms with Gasteiger partial charge in [0.05, 0.1) is 11.1 Å². The number of rotatable bonds is 6. The third kappa shape index (κ3) is 4.89. The third-order valence-electron chi connectivity index (χ3n) is 5.37. The van der Waals surface area contributed by atoms with Crippen molar-refractivity contribution in [3.8, 4) is 0 Å². The third-order valence-corrected chi connectivity index (χ3v) is 5.37. The van der Waals surface area contributed by atoms with Crippen molar-refractivity contribution in [1.82, 2.24) is 0 Å². The van der Waals surface area contributed by atoms with Crippen molar-refractivity contribution in [3.63, 3.8) is 0 Å². The van der Waals surface area contributed by atoms with E-state index < -0.39 is 23.1 Å². The van der Waals surface area contributed by atoms with Crippen LogP contribution in [0.15, 0.2) is 48.5 Å². The van der Waals surface area contributed by atoms with Crippen LogP contribution in [0.5, 0.6) is 0 Å². The monoisotopic (exact) mass is 410 g/mol. The summed E-state index contributed by atoms with van der Waals surface area (Å²) in [6, 6.07) is 13.8. The van der Waals surface area contributed by atoms with Crippen LogP contribution in [0.25, 0.3) is 0 Å².